The molecule has 1 aliphatic rings. The number of carboxylic acid groups (broad SMARTS) is 1. The summed E-state index contributed by atoms with van der Waals surface area (Å²) in [6, 6.07) is 13.7. The van der Waals surface area contributed by atoms with Crippen molar-refractivity contribution < 1.29 is 23.9 Å². The van der Waals surface area contributed by atoms with E-state index in [1.165, 1.54) is 12.1 Å². The molecule has 2 atom stereocenters. The second kappa shape index (κ2) is 7.77. The average Bonchev–Trinajstić information content (AvgIpc) is 3.13. The summed E-state index contributed by atoms with van der Waals surface area (Å²) < 4.78 is 13.0. The molecule has 6 nitrogen and oxygen atoms in total. The zero-order valence-corrected chi connectivity index (χ0v) is 13.8. The highest BCUT2D eigenvalue weighted by Gasteiger charge is 2.32. The van der Waals surface area contributed by atoms with Crippen molar-refractivity contribution in [1.82, 2.24) is 5.32 Å². The summed E-state index contributed by atoms with van der Waals surface area (Å²) in [6.45, 7) is 0. The Hall–Kier alpha value is -3.22. The zero-order valence-electron chi connectivity index (χ0n) is 13.8. The van der Waals surface area contributed by atoms with Crippen molar-refractivity contribution >= 4 is 17.6 Å². The highest BCUT2D eigenvalue weighted by atomic mass is 19.1. The fourth-order valence-electron chi connectivity index (χ4n) is 2.65. The maximum atomic E-state index is 13.0. The van der Waals surface area contributed by atoms with E-state index in [4.69, 9.17) is 4.84 Å². The SMILES string of the molecule is O=C(O)[C@H](Cc1ccccc1)NC(=O)[C@@H]1CC(c2ccc(F)cc2)=NO1. The third-order valence-electron chi connectivity index (χ3n) is 4.04. The van der Waals surface area contributed by atoms with E-state index < -0.39 is 24.0 Å². The molecule has 0 bridgehead atoms. The number of hydrogen-bond donors (Lipinski definition) is 2. The topological polar surface area (TPSA) is 88.0 Å². The number of rotatable bonds is 6. The van der Waals surface area contributed by atoms with Crippen molar-refractivity contribution in [3.63, 3.8) is 0 Å². The smallest absolute Gasteiger partial charge is 0.326 e. The van der Waals surface area contributed by atoms with Gasteiger partial charge < -0.3 is 15.3 Å². The molecule has 26 heavy (non-hydrogen) atoms. The molecular formula is C19H17FN2O4. The van der Waals surface area contributed by atoms with Crippen LogP contribution >= 0.6 is 0 Å². The summed E-state index contributed by atoms with van der Waals surface area (Å²) in [4.78, 5) is 28.9. The third kappa shape index (κ3) is 4.24. The van der Waals surface area contributed by atoms with Gasteiger partial charge in [-0.25, -0.2) is 9.18 Å². The molecule has 2 aromatic carbocycles. The van der Waals surface area contributed by atoms with E-state index in [0.29, 0.717) is 11.3 Å². The van der Waals surface area contributed by atoms with E-state index in [-0.39, 0.29) is 18.7 Å². The standard InChI is InChI=1S/C19H17FN2O4/c20-14-8-6-13(7-9-14)15-11-17(26-22-15)18(23)21-16(19(24)25)10-12-4-2-1-3-5-12/h1-9,16-17H,10-11H2,(H,21,23)(H,24,25)/t16-,17-/m0/s1. The molecule has 0 unspecified atom stereocenters. The number of benzene rings is 2. The lowest BCUT2D eigenvalue weighted by molar-refractivity contribution is -0.143. The molecule has 2 aromatic rings. The van der Waals surface area contributed by atoms with Gasteiger partial charge in [-0.05, 0) is 23.3 Å². The number of oxime groups is 1. The number of aliphatic carboxylic acids is 1. The van der Waals surface area contributed by atoms with Crippen LogP contribution in [0.1, 0.15) is 17.5 Å². The highest BCUT2D eigenvalue weighted by Crippen LogP contribution is 2.17. The Morgan fingerprint density at radius 3 is 2.54 bits per heavy atom. The van der Waals surface area contributed by atoms with Crippen LogP contribution in [0.3, 0.4) is 0 Å². The normalized spacial score (nSPS) is 17.1. The maximum absolute atomic E-state index is 13.0. The first-order valence-corrected chi connectivity index (χ1v) is 8.08. The molecule has 0 aliphatic carbocycles. The van der Waals surface area contributed by atoms with E-state index in [9.17, 15) is 19.1 Å². The van der Waals surface area contributed by atoms with Gasteiger partial charge in [-0.3, -0.25) is 4.79 Å². The second-order valence-corrected chi connectivity index (χ2v) is 5.93. The Labute approximate surface area is 149 Å². The zero-order chi connectivity index (χ0) is 18.5. The molecule has 0 radical (unpaired) electrons. The van der Waals surface area contributed by atoms with E-state index in [0.717, 1.165) is 5.56 Å². The summed E-state index contributed by atoms with van der Waals surface area (Å²) in [5.74, 6) is -2.04. The first-order chi connectivity index (χ1) is 12.5. The lowest BCUT2D eigenvalue weighted by atomic mass is 10.0. The van der Waals surface area contributed by atoms with Gasteiger partial charge in [-0.15, -0.1) is 0 Å². The number of carboxylic acids is 1. The number of hydrogen-bond acceptors (Lipinski definition) is 4. The molecule has 0 fully saturated rings. The minimum atomic E-state index is -1.13. The summed E-state index contributed by atoms with van der Waals surface area (Å²) >= 11 is 0. The quantitative estimate of drug-likeness (QED) is 0.830. The van der Waals surface area contributed by atoms with Crippen LogP contribution < -0.4 is 5.32 Å². The molecule has 1 heterocycles. The first-order valence-electron chi connectivity index (χ1n) is 8.08. The first kappa shape index (κ1) is 17.6. The number of nitrogens with one attached hydrogen (secondary N) is 1. The molecule has 3 rings (SSSR count). The fourth-order valence-corrected chi connectivity index (χ4v) is 2.65. The van der Waals surface area contributed by atoms with Crippen molar-refractivity contribution in [2.45, 2.75) is 25.0 Å². The minimum Gasteiger partial charge on any atom is -0.480 e. The summed E-state index contributed by atoms with van der Waals surface area (Å²) in [6.07, 6.45) is -0.553. The third-order valence-corrected chi connectivity index (χ3v) is 4.04. The summed E-state index contributed by atoms with van der Waals surface area (Å²) in [5, 5.41) is 15.7. The van der Waals surface area contributed by atoms with E-state index in [1.54, 1.807) is 36.4 Å². The van der Waals surface area contributed by atoms with Gasteiger partial charge in [0.15, 0.2) is 0 Å². The van der Waals surface area contributed by atoms with Crippen LogP contribution in [-0.2, 0) is 20.8 Å². The number of nitrogens with zero attached hydrogens (tertiary/aromatic N) is 1. The molecule has 0 spiro atoms. The Morgan fingerprint density at radius 2 is 1.88 bits per heavy atom. The Morgan fingerprint density at radius 1 is 1.19 bits per heavy atom. The van der Waals surface area contributed by atoms with Gasteiger partial charge in [-0.1, -0.05) is 47.6 Å². The van der Waals surface area contributed by atoms with Crippen molar-refractivity contribution in [1.29, 1.82) is 0 Å². The van der Waals surface area contributed by atoms with Gasteiger partial charge in [0, 0.05) is 12.8 Å². The van der Waals surface area contributed by atoms with Gasteiger partial charge >= 0.3 is 5.97 Å². The van der Waals surface area contributed by atoms with Crippen LogP contribution in [0.25, 0.3) is 0 Å². The minimum absolute atomic E-state index is 0.167. The molecule has 0 saturated heterocycles. The van der Waals surface area contributed by atoms with Crippen LogP contribution in [0.5, 0.6) is 0 Å². The lowest BCUT2D eigenvalue weighted by Gasteiger charge is -2.16. The molecule has 1 aliphatic heterocycles. The van der Waals surface area contributed by atoms with Gasteiger partial charge in [0.2, 0.25) is 6.10 Å². The summed E-state index contributed by atoms with van der Waals surface area (Å²) in [5.41, 5.74) is 1.97. The fraction of sp³-hybridized carbons (Fsp3) is 0.211. The number of halogens is 1. The number of carbonyl (C=O) groups is 2. The molecule has 134 valence electrons. The Bertz CT molecular complexity index is 821. The molecule has 0 saturated carbocycles. The van der Waals surface area contributed by atoms with E-state index in [2.05, 4.69) is 10.5 Å². The Kier molecular flexibility index (Phi) is 5.26. The van der Waals surface area contributed by atoms with Gasteiger partial charge in [0.1, 0.15) is 11.9 Å². The van der Waals surface area contributed by atoms with E-state index >= 15 is 0 Å². The van der Waals surface area contributed by atoms with Crippen LogP contribution in [0, 0.1) is 5.82 Å². The van der Waals surface area contributed by atoms with Crippen molar-refractivity contribution in [2.75, 3.05) is 0 Å². The largest absolute Gasteiger partial charge is 0.480 e. The summed E-state index contributed by atoms with van der Waals surface area (Å²) in [7, 11) is 0. The van der Waals surface area contributed by atoms with Crippen molar-refractivity contribution in [3.8, 4) is 0 Å². The van der Waals surface area contributed by atoms with Gasteiger partial charge in [0.05, 0.1) is 5.71 Å². The predicted molar refractivity (Wildman–Crippen MR) is 92.1 cm³/mol. The van der Waals surface area contributed by atoms with Crippen LogP contribution in [0.15, 0.2) is 59.8 Å². The molecular weight excluding hydrogens is 339 g/mol. The monoisotopic (exact) mass is 356 g/mol. The lowest BCUT2D eigenvalue weighted by Crippen LogP contribution is -2.46. The molecule has 2 N–H and O–H groups in total. The van der Waals surface area contributed by atoms with Crippen molar-refractivity contribution in [3.05, 3.63) is 71.5 Å². The van der Waals surface area contributed by atoms with E-state index in [1.807, 2.05) is 6.07 Å². The number of amides is 1. The predicted octanol–water partition coefficient (Wildman–Crippen LogP) is 2.13. The Balaban J connectivity index is 1.60. The van der Waals surface area contributed by atoms with Crippen LogP contribution in [0.4, 0.5) is 4.39 Å². The maximum Gasteiger partial charge on any atom is 0.326 e. The highest BCUT2D eigenvalue weighted by molar-refractivity contribution is 6.04. The van der Waals surface area contributed by atoms with Crippen LogP contribution in [-0.4, -0.2) is 34.8 Å². The van der Waals surface area contributed by atoms with Crippen molar-refractivity contribution in [2.24, 2.45) is 5.16 Å². The number of carbonyl (C=O) groups excluding carboxylic acids is 1. The molecule has 1 amide bonds. The van der Waals surface area contributed by atoms with Gasteiger partial charge in [-0.2, -0.15) is 0 Å². The molecule has 7 heteroatoms. The second-order valence-electron chi connectivity index (χ2n) is 5.93. The average molecular weight is 356 g/mol. The van der Waals surface area contributed by atoms with Crippen LogP contribution in [0.2, 0.25) is 0 Å². The molecule has 0 aromatic heterocycles. The van der Waals surface area contributed by atoms with Gasteiger partial charge in [0.25, 0.3) is 5.91 Å².